The van der Waals surface area contributed by atoms with Gasteiger partial charge in [-0.15, -0.1) is 0 Å². The number of piperidine rings is 1. The maximum Gasteiger partial charge on any atom is 0.271 e. The fraction of sp³-hybridized carbons (Fsp3) is 0.800. The Kier molecular flexibility index (Phi) is 4.07. The molecule has 0 aromatic carbocycles. The molecular formula is C20H30N4O. The predicted molar refractivity (Wildman–Crippen MR) is 96.2 cm³/mol. The van der Waals surface area contributed by atoms with E-state index in [1.165, 1.54) is 38.5 Å². The van der Waals surface area contributed by atoms with Crippen molar-refractivity contribution in [2.75, 3.05) is 19.6 Å². The van der Waals surface area contributed by atoms with E-state index in [-0.39, 0.29) is 5.91 Å². The van der Waals surface area contributed by atoms with Gasteiger partial charge in [-0.1, -0.05) is 0 Å². The van der Waals surface area contributed by atoms with Crippen LogP contribution in [0.25, 0.3) is 0 Å². The Morgan fingerprint density at radius 1 is 1.20 bits per heavy atom. The summed E-state index contributed by atoms with van der Waals surface area (Å²) < 4.78 is 1.98. The SMILES string of the molecule is O=C(NCC1C2CC3CC(C2)CC1C3)c1ccn(C2CCCNC2)n1. The summed E-state index contributed by atoms with van der Waals surface area (Å²) in [5.41, 5.74) is 0.578. The number of nitrogens with zero attached hydrogens (tertiary/aromatic N) is 2. The van der Waals surface area contributed by atoms with Crippen LogP contribution in [0.5, 0.6) is 0 Å². The molecule has 0 radical (unpaired) electrons. The molecule has 1 saturated heterocycles. The number of rotatable bonds is 4. The molecule has 1 aromatic rings. The van der Waals surface area contributed by atoms with Crippen LogP contribution in [0, 0.1) is 29.6 Å². The molecule has 1 unspecified atom stereocenters. The Labute approximate surface area is 149 Å². The zero-order chi connectivity index (χ0) is 16.8. The average molecular weight is 342 g/mol. The van der Waals surface area contributed by atoms with E-state index in [1.807, 2.05) is 16.9 Å². The van der Waals surface area contributed by atoms with Gasteiger partial charge in [0, 0.05) is 19.3 Å². The summed E-state index contributed by atoms with van der Waals surface area (Å²) in [5, 5.41) is 11.2. The monoisotopic (exact) mass is 342 g/mol. The third-order valence-electron chi connectivity index (χ3n) is 7.41. The molecule has 4 saturated carbocycles. The number of amides is 1. The van der Waals surface area contributed by atoms with Crippen LogP contribution in [0.4, 0.5) is 0 Å². The van der Waals surface area contributed by atoms with E-state index in [0.29, 0.717) is 17.7 Å². The summed E-state index contributed by atoms with van der Waals surface area (Å²) in [6.45, 7) is 2.90. The van der Waals surface area contributed by atoms with Crippen LogP contribution in [0.1, 0.15) is 61.5 Å². The van der Waals surface area contributed by atoms with Gasteiger partial charge in [0.1, 0.15) is 5.69 Å². The van der Waals surface area contributed by atoms with Crippen LogP contribution < -0.4 is 10.6 Å². The molecule has 2 N–H and O–H groups in total. The molecule has 4 aliphatic carbocycles. The molecule has 136 valence electrons. The molecule has 5 fully saturated rings. The highest BCUT2D eigenvalue weighted by atomic mass is 16.1. The quantitative estimate of drug-likeness (QED) is 0.884. The van der Waals surface area contributed by atoms with E-state index >= 15 is 0 Å². The fourth-order valence-electron chi connectivity index (χ4n) is 6.39. The fourth-order valence-corrected chi connectivity index (χ4v) is 6.39. The summed E-state index contributed by atoms with van der Waals surface area (Å²) in [6.07, 6.45) is 11.4. The lowest BCUT2D eigenvalue weighted by Crippen LogP contribution is -2.49. The molecule has 5 aliphatic rings. The highest BCUT2D eigenvalue weighted by Gasteiger charge is 2.47. The minimum absolute atomic E-state index is 0.0105. The first-order chi connectivity index (χ1) is 12.3. The molecule has 6 rings (SSSR count). The molecule has 25 heavy (non-hydrogen) atoms. The molecule has 5 nitrogen and oxygen atoms in total. The van der Waals surface area contributed by atoms with Crippen molar-refractivity contribution in [1.29, 1.82) is 0 Å². The summed E-state index contributed by atoms with van der Waals surface area (Å²) in [6, 6.07) is 2.26. The Morgan fingerprint density at radius 2 is 1.96 bits per heavy atom. The largest absolute Gasteiger partial charge is 0.350 e. The lowest BCUT2D eigenvalue weighted by Gasteiger charge is -2.54. The zero-order valence-electron chi connectivity index (χ0n) is 15.0. The topological polar surface area (TPSA) is 59.0 Å². The number of carbonyl (C=O) groups excluding carboxylic acids is 1. The van der Waals surface area contributed by atoms with Crippen molar-refractivity contribution in [2.24, 2.45) is 29.6 Å². The van der Waals surface area contributed by atoms with E-state index in [2.05, 4.69) is 15.7 Å². The standard InChI is InChI=1S/C20H30N4O/c25-20(19-3-5-24(23-19)17-2-1-4-21-11-17)22-12-18-15-7-13-6-14(9-15)10-16(18)8-13/h3,5,13-18,21H,1-2,4,6-12H2,(H,22,25). The highest BCUT2D eigenvalue weighted by molar-refractivity contribution is 5.92. The van der Waals surface area contributed by atoms with Crippen molar-refractivity contribution in [3.05, 3.63) is 18.0 Å². The Bertz CT molecular complexity index is 605. The van der Waals surface area contributed by atoms with Gasteiger partial charge in [0.25, 0.3) is 5.91 Å². The maximum absolute atomic E-state index is 12.6. The van der Waals surface area contributed by atoms with Gasteiger partial charge < -0.3 is 10.6 Å². The second-order valence-corrected chi connectivity index (χ2v) is 8.99. The molecule has 1 amide bonds. The van der Waals surface area contributed by atoms with Crippen LogP contribution in [0.2, 0.25) is 0 Å². The molecule has 5 heteroatoms. The van der Waals surface area contributed by atoms with Gasteiger partial charge in [-0.3, -0.25) is 9.48 Å². The number of hydrogen-bond acceptors (Lipinski definition) is 3. The molecule has 0 spiro atoms. The number of carbonyl (C=O) groups is 1. The van der Waals surface area contributed by atoms with E-state index in [4.69, 9.17) is 0 Å². The molecule has 2 heterocycles. The summed E-state index contributed by atoms with van der Waals surface area (Å²) in [5.74, 6) is 4.44. The first-order valence-corrected chi connectivity index (χ1v) is 10.3. The van der Waals surface area contributed by atoms with Crippen molar-refractivity contribution in [1.82, 2.24) is 20.4 Å². The Hall–Kier alpha value is -1.36. The minimum Gasteiger partial charge on any atom is -0.350 e. The van der Waals surface area contributed by atoms with Crippen LogP contribution in [0.3, 0.4) is 0 Å². The van der Waals surface area contributed by atoms with E-state index in [1.54, 1.807) is 0 Å². The molecule has 4 bridgehead atoms. The lowest BCUT2D eigenvalue weighted by atomic mass is 9.52. The number of hydrogen-bond donors (Lipinski definition) is 2. The molecule has 1 aliphatic heterocycles. The zero-order valence-corrected chi connectivity index (χ0v) is 15.0. The Morgan fingerprint density at radius 3 is 2.64 bits per heavy atom. The summed E-state index contributed by atoms with van der Waals surface area (Å²) >= 11 is 0. The highest BCUT2D eigenvalue weighted by Crippen LogP contribution is 2.56. The van der Waals surface area contributed by atoms with Crippen molar-refractivity contribution < 1.29 is 4.79 Å². The van der Waals surface area contributed by atoms with E-state index in [0.717, 1.165) is 49.7 Å². The molecule has 1 aromatic heterocycles. The van der Waals surface area contributed by atoms with Gasteiger partial charge in [-0.05, 0) is 87.1 Å². The van der Waals surface area contributed by atoms with Crippen LogP contribution >= 0.6 is 0 Å². The van der Waals surface area contributed by atoms with Crippen LogP contribution in [-0.4, -0.2) is 35.3 Å². The van der Waals surface area contributed by atoms with Gasteiger partial charge >= 0.3 is 0 Å². The van der Waals surface area contributed by atoms with Crippen molar-refractivity contribution in [2.45, 2.75) is 51.0 Å². The first kappa shape index (κ1) is 15.9. The smallest absolute Gasteiger partial charge is 0.271 e. The third kappa shape index (κ3) is 3.01. The van der Waals surface area contributed by atoms with Crippen molar-refractivity contribution >= 4 is 5.91 Å². The van der Waals surface area contributed by atoms with Gasteiger partial charge in [-0.2, -0.15) is 5.10 Å². The lowest BCUT2D eigenvalue weighted by molar-refractivity contribution is -0.0347. The maximum atomic E-state index is 12.6. The summed E-state index contributed by atoms with van der Waals surface area (Å²) in [7, 11) is 0. The molecular weight excluding hydrogens is 312 g/mol. The normalized spacial score (nSPS) is 39.5. The average Bonchev–Trinajstić information content (AvgIpc) is 3.11. The number of nitrogens with one attached hydrogen (secondary N) is 2. The minimum atomic E-state index is 0.0105. The first-order valence-electron chi connectivity index (χ1n) is 10.3. The van der Waals surface area contributed by atoms with E-state index < -0.39 is 0 Å². The number of aromatic nitrogens is 2. The second kappa shape index (κ2) is 6.42. The Balaban J connectivity index is 1.19. The van der Waals surface area contributed by atoms with Crippen LogP contribution in [0.15, 0.2) is 12.3 Å². The van der Waals surface area contributed by atoms with Gasteiger partial charge in [0.15, 0.2) is 0 Å². The second-order valence-electron chi connectivity index (χ2n) is 8.99. The van der Waals surface area contributed by atoms with Crippen molar-refractivity contribution in [3.8, 4) is 0 Å². The van der Waals surface area contributed by atoms with Gasteiger partial charge in [0.05, 0.1) is 6.04 Å². The van der Waals surface area contributed by atoms with Crippen LogP contribution in [-0.2, 0) is 0 Å². The van der Waals surface area contributed by atoms with Crippen molar-refractivity contribution in [3.63, 3.8) is 0 Å². The predicted octanol–water partition coefficient (Wildman–Crippen LogP) is 2.61. The van der Waals surface area contributed by atoms with Gasteiger partial charge in [-0.25, -0.2) is 0 Å². The third-order valence-corrected chi connectivity index (χ3v) is 7.41. The van der Waals surface area contributed by atoms with E-state index in [9.17, 15) is 4.79 Å². The molecule has 1 atom stereocenters. The van der Waals surface area contributed by atoms with Gasteiger partial charge in [0.2, 0.25) is 0 Å². The summed E-state index contributed by atoms with van der Waals surface area (Å²) in [4.78, 5) is 12.6.